The summed E-state index contributed by atoms with van der Waals surface area (Å²) < 4.78 is 69.8. The van der Waals surface area contributed by atoms with Crippen LogP contribution in [0.5, 0.6) is 0 Å². The highest BCUT2D eigenvalue weighted by Crippen LogP contribution is 2.24. The van der Waals surface area contributed by atoms with Crippen molar-refractivity contribution in [3.63, 3.8) is 0 Å². The van der Waals surface area contributed by atoms with E-state index in [1.807, 2.05) is 0 Å². The van der Waals surface area contributed by atoms with Crippen LogP contribution in [0.3, 0.4) is 0 Å². The van der Waals surface area contributed by atoms with Crippen molar-refractivity contribution in [3.05, 3.63) is 34.9 Å². The van der Waals surface area contributed by atoms with E-state index in [2.05, 4.69) is 0 Å². The highest BCUT2D eigenvalue weighted by Gasteiger charge is 2.40. The smallest absolute Gasteiger partial charge is 0.374 e. The van der Waals surface area contributed by atoms with Gasteiger partial charge in [-0.25, -0.2) is 17.6 Å². The van der Waals surface area contributed by atoms with E-state index in [1.54, 1.807) is 20.8 Å². The second-order valence-electron chi connectivity index (χ2n) is 4.44. The molecule has 1 aromatic carbocycles. The molecule has 0 bridgehead atoms. The maximum absolute atomic E-state index is 13.7. The van der Waals surface area contributed by atoms with Gasteiger partial charge < -0.3 is 13.3 Å². The lowest BCUT2D eigenvalue weighted by atomic mass is 10.1. The molecular weight excluding hydrogens is 320 g/mol. The summed E-state index contributed by atoms with van der Waals surface area (Å²) in [7, 11) is -3.05. The predicted molar refractivity (Wildman–Crippen MR) is 75.4 cm³/mol. The minimum absolute atomic E-state index is 0.0772. The third kappa shape index (κ3) is 4.51. The monoisotopic (exact) mass is 340 g/mol. The molecule has 0 aliphatic heterocycles. The molecule has 126 valence electrons. The van der Waals surface area contributed by atoms with Crippen molar-refractivity contribution in [3.8, 4) is 0 Å². The molecule has 3 nitrogen and oxygen atoms in total. The number of halogens is 4. The zero-order chi connectivity index (χ0) is 16.8. The van der Waals surface area contributed by atoms with Gasteiger partial charge in [-0.05, 0) is 38.8 Å². The Balaban J connectivity index is 2.97. The van der Waals surface area contributed by atoms with Crippen LogP contribution in [0.2, 0.25) is 6.04 Å². The molecule has 0 unspecified atom stereocenters. The molecule has 0 atom stereocenters. The van der Waals surface area contributed by atoms with Gasteiger partial charge in [0, 0.05) is 25.9 Å². The second kappa shape index (κ2) is 8.61. The second-order valence-corrected chi connectivity index (χ2v) is 7.17. The van der Waals surface area contributed by atoms with Gasteiger partial charge in [-0.15, -0.1) is 0 Å². The molecule has 0 N–H and O–H groups in total. The molecular formula is C14H20F4O3Si. The molecule has 8 heteroatoms. The first kappa shape index (κ1) is 19.1. The van der Waals surface area contributed by atoms with Crippen LogP contribution < -0.4 is 0 Å². The Kier molecular flexibility index (Phi) is 7.47. The third-order valence-corrected chi connectivity index (χ3v) is 6.02. The Bertz CT molecular complexity index is 482. The van der Waals surface area contributed by atoms with E-state index < -0.39 is 32.1 Å². The number of benzene rings is 1. The highest BCUT2D eigenvalue weighted by molar-refractivity contribution is 6.60. The van der Waals surface area contributed by atoms with Crippen molar-refractivity contribution >= 4 is 8.80 Å². The summed E-state index contributed by atoms with van der Waals surface area (Å²) in [5, 5.41) is 0. The molecule has 0 spiro atoms. The Morgan fingerprint density at radius 2 is 1.32 bits per heavy atom. The van der Waals surface area contributed by atoms with Crippen LogP contribution in [-0.2, 0) is 19.7 Å². The van der Waals surface area contributed by atoms with Crippen molar-refractivity contribution in [2.24, 2.45) is 0 Å². The Labute approximate surface area is 128 Å². The topological polar surface area (TPSA) is 27.7 Å². The fraction of sp³-hybridized carbons (Fsp3) is 0.571. The van der Waals surface area contributed by atoms with Gasteiger partial charge in [0.1, 0.15) is 0 Å². The van der Waals surface area contributed by atoms with Gasteiger partial charge in [-0.3, -0.25) is 0 Å². The number of hydrogen-bond donors (Lipinski definition) is 0. The zero-order valence-electron chi connectivity index (χ0n) is 12.8. The van der Waals surface area contributed by atoms with E-state index in [1.165, 1.54) is 0 Å². The molecule has 0 saturated carbocycles. The summed E-state index contributed by atoms with van der Waals surface area (Å²) >= 11 is 0. The number of aryl methyl sites for hydroxylation is 1. The molecule has 1 aromatic rings. The lowest BCUT2D eigenvalue weighted by Crippen LogP contribution is -2.46. The summed E-state index contributed by atoms with van der Waals surface area (Å²) in [6.45, 7) is 6.29. The van der Waals surface area contributed by atoms with E-state index in [-0.39, 0.29) is 18.0 Å². The molecule has 0 saturated heterocycles. The summed E-state index contributed by atoms with van der Waals surface area (Å²) in [4.78, 5) is 0. The summed E-state index contributed by atoms with van der Waals surface area (Å²) in [6, 6.07) is 0.792. The lowest BCUT2D eigenvalue weighted by Gasteiger charge is -2.28. The van der Waals surface area contributed by atoms with Gasteiger partial charge in [0.25, 0.3) is 0 Å². The van der Waals surface area contributed by atoms with Crippen LogP contribution in [0.1, 0.15) is 26.3 Å². The lowest BCUT2D eigenvalue weighted by molar-refractivity contribution is 0.0713. The third-order valence-electron chi connectivity index (χ3n) is 2.97. The van der Waals surface area contributed by atoms with E-state index in [9.17, 15) is 17.6 Å². The highest BCUT2D eigenvalue weighted by atomic mass is 28.4. The van der Waals surface area contributed by atoms with E-state index in [0.29, 0.717) is 25.9 Å². The van der Waals surface area contributed by atoms with Crippen LogP contribution in [0.25, 0.3) is 0 Å². The normalized spacial score (nSPS) is 12.0. The van der Waals surface area contributed by atoms with Gasteiger partial charge in [0.2, 0.25) is 0 Å². The molecule has 0 heterocycles. The molecule has 0 aliphatic rings. The molecule has 0 radical (unpaired) electrons. The first-order valence-electron chi connectivity index (χ1n) is 7.14. The first-order chi connectivity index (χ1) is 10.4. The van der Waals surface area contributed by atoms with Crippen LogP contribution in [-0.4, -0.2) is 28.6 Å². The van der Waals surface area contributed by atoms with E-state index >= 15 is 0 Å². The van der Waals surface area contributed by atoms with Gasteiger partial charge in [-0.1, -0.05) is 0 Å². The minimum atomic E-state index is -3.05. The summed E-state index contributed by atoms with van der Waals surface area (Å²) in [5.74, 6) is -6.45. The molecule has 0 aliphatic carbocycles. The van der Waals surface area contributed by atoms with Crippen molar-refractivity contribution in [1.29, 1.82) is 0 Å². The molecule has 22 heavy (non-hydrogen) atoms. The van der Waals surface area contributed by atoms with Crippen molar-refractivity contribution in [1.82, 2.24) is 0 Å². The maximum atomic E-state index is 13.7. The molecule has 1 rings (SSSR count). The van der Waals surface area contributed by atoms with Gasteiger partial charge in [0.05, 0.1) is 0 Å². The van der Waals surface area contributed by atoms with Crippen LogP contribution >= 0.6 is 0 Å². The van der Waals surface area contributed by atoms with Gasteiger partial charge in [0.15, 0.2) is 23.3 Å². The summed E-state index contributed by atoms with van der Waals surface area (Å²) in [6.07, 6.45) is -0.0772. The zero-order valence-corrected chi connectivity index (χ0v) is 13.8. The average Bonchev–Trinajstić information content (AvgIpc) is 2.48. The van der Waals surface area contributed by atoms with Crippen LogP contribution in [0.15, 0.2) is 6.07 Å². The number of rotatable bonds is 9. The largest absolute Gasteiger partial charge is 0.501 e. The predicted octanol–water partition coefficient (Wildman–Crippen LogP) is 3.83. The molecule has 0 amide bonds. The standard InChI is InChI=1S/C14H20F4O3Si/c1-4-19-22(20-5-2,21-6-3)8-7-10-9-11(15)13(17)14(18)12(10)16/h9H,4-8H2,1-3H3. The maximum Gasteiger partial charge on any atom is 0.501 e. The van der Waals surface area contributed by atoms with Crippen molar-refractivity contribution in [2.75, 3.05) is 19.8 Å². The SMILES string of the molecule is CCO[Si](CCc1cc(F)c(F)c(F)c1F)(OCC)OCC. The van der Waals surface area contributed by atoms with Crippen LogP contribution in [0.4, 0.5) is 17.6 Å². The van der Waals surface area contributed by atoms with Gasteiger partial charge >= 0.3 is 8.80 Å². The Hall–Kier alpha value is -0.963. The van der Waals surface area contributed by atoms with Gasteiger partial charge in [-0.2, -0.15) is 0 Å². The average molecular weight is 340 g/mol. The Morgan fingerprint density at radius 3 is 1.77 bits per heavy atom. The first-order valence-corrected chi connectivity index (χ1v) is 9.07. The fourth-order valence-electron chi connectivity index (χ4n) is 2.09. The van der Waals surface area contributed by atoms with E-state index in [4.69, 9.17) is 13.3 Å². The van der Waals surface area contributed by atoms with Crippen LogP contribution in [0, 0.1) is 23.3 Å². The molecule has 0 aromatic heterocycles. The Morgan fingerprint density at radius 1 is 0.818 bits per heavy atom. The quantitative estimate of drug-likeness (QED) is 0.296. The number of hydrogen-bond acceptors (Lipinski definition) is 3. The fourth-order valence-corrected chi connectivity index (χ4v) is 4.67. The van der Waals surface area contributed by atoms with E-state index in [0.717, 1.165) is 0 Å². The van der Waals surface area contributed by atoms with Crippen molar-refractivity contribution < 1.29 is 30.8 Å². The minimum Gasteiger partial charge on any atom is -0.374 e. The summed E-state index contributed by atoms with van der Waals surface area (Å²) in [5.41, 5.74) is -0.271. The van der Waals surface area contributed by atoms with Crippen molar-refractivity contribution in [2.45, 2.75) is 33.2 Å². The molecule has 0 fully saturated rings.